The predicted molar refractivity (Wildman–Crippen MR) is 69.1 cm³/mol. The van der Waals surface area contributed by atoms with Gasteiger partial charge in [0.1, 0.15) is 0 Å². The molecule has 88 valence electrons. The standard InChI is InChI=1S/C13H21N3/c1-2-3-4-5-6-7-8-9-10-12-16-13-11-14-15-16/h2-7,11,13-15H,8-10,12H2,1H3/b3-2-,5-4-,7-6+. The molecule has 1 aliphatic heterocycles. The molecule has 0 radical (unpaired) electrons. The Morgan fingerprint density at radius 2 is 2.00 bits per heavy atom. The average molecular weight is 219 g/mol. The molecule has 0 aromatic rings. The van der Waals surface area contributed by atoms with Crippen molar-refractivity contribution in [3.8, 4) is 0 Å². The number of hydrogen-bond acceptors (Lipinski definition) is 3. The summed E-state index contributed by atoms with van der Waals surface area (Å²) in [7, 11) is 0. The van der Waals surface area contributed by atoms with Gasteiger partial charge in [-0.3, -0.25) is 5.01 Å². The van der Waals surface area contributed by atoms with Gasteiger partial charge in [0.25, 0.3) is 0 Å². The van der Waals surface area contributed by atoms with Gasteiger partial charge in [0.15, 0.2) is 0 Å². The summed E-state index contributed by atoms with van der Waals surface area (Å²) in [5.74, 6) is 0. The lowest BCUT2D eigenvalue weighted by Crippen LogP contribution is -2.35. The van der Waals surface area contributed by atoms with E-state index < -0.39 is 0 Å². The van der Waals surface area contributed by atoms with Crippen molar-refractivity contribution >= 4 is 0 Å². The third-order valence-corrected chi connectivity index (χ3v) is 2.23. The van der Waals surface area contributed by atoms with Crippen molar-refractivity contribution in [3.63, 3.8) is 0 Å². The topological polar surface area (TPSA) is 27.3 Å². The summed E-state index contributed by atoms with van der Waals surface area (Å²) in [5, 5.41) is 2.05. The molecule has 0 aromatic heterocycles. The lowest BCUT2D eigenvalue weighted by atomic mass is 10.2. The number of allylic oxidation sites excluding steroid dienone is 6. The summed E-state index contributed by atoms with van der Waals surface area (Å²) in [6.45, 7) is 3.06. The zero-order valence-corrected chi connectivity index (χ0v) is 9.89. The lowest BCUT2D eigenvalue weighted by Gasteiger charge is -2.14. The van der Waals surface area contributed by atoms with Gasteiger partial charge in [-0.1, -0.05) is 36.5 Å². The second kappa shape index (κ2) is 8.80. The van der Waals surface area contributed by atoms with Gasteiger partial charge in [-0.2, -0.15) is 0 Å². The molecule has 3 heteroatoms. The minimum Gasteiger partial charge on any atom is -0.310 e. The van der Waals surface area contributed by atoms with Crippen LogP contribution in [0.25, 0.3) is 0 Å². The van der Waals surface area contributed by atoms with Crippen molar-refractivity contribution < 1.29 is 0 Å². The summed E-state index contributed by atoms with van der Waals surface area (Å²) >= 11 is 0. The van der Waals surface area contributed by atoms with E-state index in [1.165, 1.54) is 12.8 Å². The Kier molecular flexibility index (Phi) is 6.92. The summed E-state index contributed by atoms with van der Waals surface area (Å²) in [6.07, 6.45) is 19.9. The van der Waals surface area contributed by atoms with Crippen LogP contribution in [0.15, 0.2) is 48.9 Å². The molecule has 0 amide bonds. The summed E-state index contributed by atoms with van der Waals surface area (Å²) < 4.78 is 0. The molecule has 1 rings (SSSR count). The van der Waals surface area contributed by atoms with Crippen LogP contribution >= 0.6 is 0 Å². The molecular formula is C13H21N3. The predicted octanol–water partition coefficient (Wildman–Crippen LogP) is 2.64. The van der Waals surface area contributed by atoms with Crippen molar-refractivity contribution in [1.82, 2.24) is 16.0 Å². The van der Waals surface area contributed by atoms with Crippen LogP contribution in [0, 0.1) is 0 Å². The van der Waals surface area contributed by atoms with Crippen LogP contribution in [0.2, 0.25) is 0 Å². The molecule has 0 saturated heterocycles. The number of hydrogen-bond donors (Lipinski definition) is 2. The fraction of sp³-hybridized carbons (Fsp3) is 0.385. The van der Waals surface area contributed by atoms with Gasteiger partial charge in [-0.25, -0.2) is 0 Å². The van der Waals surface area contributed by atoms with Crippen LogP contribution in [-0.4, -0.2) is 11.6 Å². The van der Waals surface area contributed by atoms with E-state index in [9.17, 15) is 0 Å². The first kappa shape index (κ1) is 12.6. The highest BCUT2D eigenvalue weighted by molar-refractivity contribution is 5.10. The third kappa shape index (κ3) is 6.09. The number of nitrogens with zero attached hydrogens (tertiary/aromatic N) is 1. The molecule has 0 bridgehead atoms. The number of unbranched alkanes of at least 4 members (excludes halogenated alkanes) is 2. The van der Waals surface area contributed by atoms with Crippen LogP contribution in [0.4, 0.5) is 0 Å². The van der Waals surface area contributed by atoms with E-state index in [0.717, 1.165) is 13.0 Å². The van der Waals surface area contributed by atoms with E-state index in [-0.39, 0.29) is 0 Å². The molecule has 0 aromatic carbocycles. The van der Waals surface area contributed by atoms with Crippen molar-refractivity contribution in [2.45, 2.75) is 26.2 Å². The van der Waals surface area contributed by atoms with Crippen LogP contribution in [0.1, 0.15) is 26.2 Å². The number of hydrazine groups is 2. The van der Waals surface area contributed by atoms with Gasteiger partial charge < -0.3 is 5.43 Å². The maximum absolute atomic E-state index is 3.02. The lowest BCUT2D eigenvalue weighted by molar-refractivity contribution is 0.267. The maximum atomic E-state index is 3.02. The van der Waals surface area contributed by atoms with Gasteiger partial charge in [-0.15, -0.1) is 5.53 Å². The van der Waals surface area contributed by atoms with Gasteiger partial charge >= 0.3 is 0 Å². The zero-order valence-electron chi connectivity index (χ0n) is 9.89. The first-order chi connectivity index (χ1) is 7.93. The van der Waals surface area contributed by atoms with E-state index in [4.69, 9.17) is 0 Å². The molecule has 0 atom stereocenters. The Labute approximate surface area is 98.2 Å². The largest absolute Gasteiger partial charge is 0.310 e. The molecule has 0 unspecified atom stereocenters. The third-order valence-electron chi connectivity index (χ3n) is 2.23. The Balaban J connectivity index is 1.93. The van der Waals surface area contributed by atoms with Crippen LogP contribution in [0.3, 0.4) is 0 Å². The first-order valence-corrected chi connectivity index (χ1v) is 5.82. The van der Waals surface area contributed by atoms with E-state index in [1.54, 1.807) is 0 Å². The molecule has 1 heterocycles. The summed E-state index contributed by atoms with van der Waals surface area (Å²) in [4.78, 5) is 0. The van der Waals surface area contributed by atoms with E-state index in [2.05, 4.69) is 34.2 Å². The second-order valence-electron chi connectivity index (χ2n) is 3.60. The van der Waals surface area contributed by atoms with Gasteiger partial charge in [0, 0.05) is 18.9 Å². The van der Waals surface area contributed by atoms with Gasteiger partial charge in [0.05, 0.1) is 0 Å². The molecular weight excluding hydrogens is 198 g/mol. The normalized spacial score (nSPS) is 15.9. The van der Waals surface area contributed by atoms with Crippen molar-refractivity contribution in [2.24, 2.45) is 0 Å². The first-order valence-electron chi connectivity index (χ1n) is 5.82. The quantitative estimate of drug-likeness (QED) is 0.509. The van der Waals surface area contributed by atoms with Gasteiger partial charge in [-0.05, 0) is 26.2 Å². The monoisotopic (exact) mass is 219 g/mol. The minimum absolute atomic E-state index is 1.05. The Morgan fingerprint density at radius 3 is 2.75 bits per heavy atom. The Bertz CT molecular complexity index is 277. The molecule has 1 aliphatic rings. The zero-order chi connectivity index (χ0) is 11.5. The minimum atomic E-state index is 1.05. The second-order valence-corrected chi connectivity index (χ2v) is 3.60. The van der Waals surface area contributed by atoms with E-state index in [1.807, 2.05) is 37.6 Å². The highest BCUT2D eigenvalue weighted by Crippen LogP contribution is 2.00. The molecule has 2 N–H and O–H groups in total. The molecule has 0 saturated carbocycles. The van der Waals surface area contributed by atoms with E-state index in [0.29, 0.717) is 0 Å². The Hall–Kier alpha value is -1.48. The highest BCUT2D eigenvalue weighted by atomic mass is 15.7. The smallest absolute Gasteiger partial charge is 0.0356 e. The van der Waals surface area contributed by atoms with Crippen LogP contribution in [-0.2, 0) is 0 Å². The van der Waals surface area contributed by atoms with Gasteiger partial charge in [0.2, 0.25) is 0 Å². The average Bonchev–Trinajstić information content (AvgIpc) is 2.80. The number of rotatable bonds is 7. The van der Waals surface area contributed by atoms with Crippen molar-refractivity contribution in [1.29, 1.82) is 0 Å². The van der Waals surface area contributed by atoms with Crippen LogP contribution < -0.4 is 11.0 Å². The number of nitrogens with one attached hydrogen (secondary N) is 2. The molecule has 0 aliphatic carbocycles. The summed E-state index contributed by atoms with van der Waals surface area (Å²) in [6, 6.07) is 0. The highest BCUT2D eigenvalue weighted by Gasteiger charge is 1.99. The van der Waals surface area contributed by atoms with Crippen LogP contribution in [0.5, 0.6) is 0 Å². The molecule has 0 fully saturated rings. The molecule has 0 spiro atoms. The SMILES string of the molecule is C\C=C/C=C\C=C\CCCCN1C=CNN1. The van der Waals surface area contributed by atoms with Crippen molar-refractivity contribution in [2.75, 3.05) is 6.54 Å². The Morgan fingerprint density at radius 1 is 1.12 bits per heavy atom. The molecule has 3 nitrogen and oxygen atoms in total. The fourth-order valence-corrected chi connectivity index (χ4v) is 1.37. The summed E-state index contributed by atoms with van der Waals surface area (Å²) in [5.41, 5.74) is 5.94. The molecule has 16 heavy (non-hydrogen) atoms. The van der Waals surface area contributed by atoms with Crippen molar-refractivity contribution in [3.05, 3.63) is 48.9 Å². The maximum Gasteiger partial charge on any atom is 0.0356 e. The van der Waals surface area contributed by atoms with E-state index >= 15 is 0 Å². The fourth-order valence-electron chi connectivity index (χ4n) is 1.37.